The van der Waals surface area contributed by atoms with Crippen LogP contribution < -0.4 is 0 Å². The number of hydrogen-bond donors (Lipinski definition) is 0. The summed E-state index contributed by atoms with van der Waals surface area (Å²) in [5.74, 6) is 3.36. The molecule has 0 saturated carbocycles. The summed E-state index contributed by atoms with van der Waals surface area (Å²) in [4.78, 5) is 0. The SMILES string of the molecule is C=CCC1S[CH][CH]CS1. The molecule has 1 unspecified atom stereocenters. The molecule has 0 amide bonds. The zero-order chi connectivity index (χ0) is 6.53. The molecule has 0 N–H and O–H groups in total. The van der Waals surface area contributed by atoms with Gasteiger partial charge in [0.15, 0.2) is 0 Å². The predicted molar refractivity (Wildman–Crippen MR) is 47.3 cm³/mol. The molecule has 0 aromatic rings. The van der Waals surface area contributed by atoms with Crippen molar-refractivity contribution in [1.29, 1.82) is 0 Å². The monoisotopic (exact) mass is 158 g/mol. The van der Waals surface area contributed by atoms with Crippen molar-refractivity contribution in [1.82, 2.24) is 0 Å². The van der Waals surface area contributed by atoms with Crippen LogP contribution >= 0.6 is 23.5 Å². The van der Waals surface area contributed by atoms with Crippen molar-refractivity contribution in [2.75, 3.05) is 5.75 Å². The smallest absolute Gasteiger partial charge is 0.0540 e. The Morgan fingerprint density at radius 3 is 3.22 bits per heavy atom. The summed E-state index contributed by atoms with van der Waals surface area (Å²) in [5, 5.41) is 0. The molecule has 0 aromatic heterocycles. The van der Waals surface area contributed by atoms with E-state index in [0.717, 1.165) is 11.0 Å². The van der Waals surface area contributed by atoms with Gasteiger partial charge in [0.05, 0.1) is 4.58 Å². The lowest BCUT2D eigenvalue weighted by atomic mass is 10.5. The number of hydrogen-bond acceptors (Lipinski definition) is 2. The fourth-order valence-corrected chi connectivity index (χ4v) is 2.83. The molecule has 50 valence electrons. The summed E-state index contributed by atoms with van der Waals surface area (Å²) in [6, 6.07) is 0. The molecule has 1 heterocycles. The van der Waals surface area contributed by atoms with Crippen molar-refractivity contribution in [3.05, 3.63) is 24.8 Å². The van der Waals surface area contributed by atoms with E-state index in [1.807, 2.05) is 29.6 Å². The van der Waals surface area contributed by atoms with E-state index >= 15 is 0 Å². The van der Waals surface area contributed by atoms with E-state index in [0.29, 0.717) is 0 Å². The molecule has 2 radical (unpaired) electrons. The Morgan fingerprint density at radius 1 is 1.78 bits per heavy atom. The predicted octanol–water partition coefficient (Wildman–Crippen LogP) is 2.73. The average Bonchev–Trinajstić information content (AvgIpc) is 1.91. The van der Waals surface area contributed by atoms with E-state index < -0.39 is 0 Å². The van der Waals surface area contributed by atoms with Crippen LogP contribution in [0.5, 0.6) is 0 Å². The molecule has 0 nitrogen and oxygen atoms in total. The van der Waals surface area contributed by atoms with E-state index in [9.17, 15) is 0 Å². The summed E-state index contributed by atoms with van der Waals surface area (Å²) >= 11 is 3.89. The third kappa shape index (κ3) is 2.67. The Kier molecular flexibility index (Phi) is 3.59. The number of thioether (sulfide) groups is 2. The molecule has 1 aliphatic rings. The van der Waals surface area contributed by atoms with Crippen molar-refractivity contribution < 1.29 is 0 Å². The lowest BCUT2D eigenvalue weighted by Crippen LogP contribution is -2.02. The van der Waals surface area contributed by atoms with Gasteiger partial charge in [0.2, 0.25) is 0 Å². The van der Waals surface area contributed by atoms with Gasteiger partial charge in [-0.3, -0.25) is 0 Å². The van der Waals surface area contributed by atoms with Crippen LogP contribution in [-0.2, 0) is 0 Å². The lowest BCUT2D eigenvalue weighted by Gasteiger charge is -2.18. The highest BCUT2D eigenvalue weighted by molar-refractivity contribution is 8.18. The summed E-state index contributed by atoms with van der Waals surface area (Å²) in [6.07, 6.45) is 5.32. The van der Waals surface area contributed by atoms with Crippen LogP contribution in [0.15, 0.2) is 12.7 Å². The fourth-order valence-electron chi connectivity index (χ4n) is 0.644. The van der Waals surface area contributed by atoms with Gasteiger partial charge in [0.25, 0.3) is 0 Å². The molecule has 2 heteroatoms. The van der Waals surface area contributed by atoms with E-state index in [1.165, 1.54) is 5.75 Å². The quantitative estimate of drug-likeness (QED) is 0.567. The molecule has 1 rings (SSSR count). The van der Waals surface area contributed by atoms with Crippen LogP contribution in [0, 0.1) is 12.2 Å². The topological polar surface area (TPSA) is 0 Å². The highest BCUT2D eigenvalue weighted by Gasteiger charge is 2.11. The Bertz CT molecular complexity index is 84.9. The largest absolute Gasteiger partial charge is 0.147 e. The van der Waals surface area contributed by atoms with Crippen molar-refractivity contribution in [2.45, 2.75) is 11.0 Å². The first-order valence-corrected chi connectivity index (χ1v) is 4.95. The lowest BCUT2D eigenvalue weighted by molar-refractivity contribution is 1.18. The van der Waals surface area contributed by atoms with Gasteiger partial charge in [-0.05, 0) is 18.6 Å². The first-order valence-electron chi connectivity index (χ1n) is 2.96. The maximum absolute atomic E-state index is 3.70. The minimum atomic E-state index is 0.729. The molecule has 1 saturated heterocycles. The minimum absolute atomic E-state index is 0.729. The first kappa shape index (κ1) is 7.55. The molecular formula is C7H10S2. The van der Waals surface area contributed by atoms with Gasteiger partial charge < -0.3 is 0 Å². The van der Waals surface area contributed by atoms with Gasteiger partial charge in [-0.15, -0.1) is 30.1 Å². The van der Waals surface area contributed by atoms with Crippen molar-refractivity contribution in [2.24, 2.45) is 0 Å². The second kappa shape index (κ2) is 4.29. The molecule has 0 aliphatic carbocycles. The highest BCUT2D eigenvalue weighted by Crippen LogP contribution is 2.34. The molecule has 1 fully saturated rings. The minimum Gasteiger partial charge on any atom is -0.147 e. The van der Waals surface area contributed by atoms with E-state index in [1.54, 1.807) is 0 Å². The summed E-state index contributed by atoms with van der Waals surface area (Å²) in [6.45, 7) is 3.70. The Morgan fingerprint density at radius 2 is 2.67 bits per heavy atom. The number of allylic oxidation sites excluding steroid dienone is 1. The molecule has 1 aliphatic heterocycles. The van der Waals surface area contributed by atoms with Gasteiger partial charge >= 0.3 is 0 Å². The van der Waals surface area contributed by atoms with Gasteiger partial charge in [0, 0.05) is 5.75 Å². The second-order valence-electron chi connectivity index (χ2n) is 1.80. The second-order valence-corrected chi connectivity index (χ2v) is 4.44. The third-order valence-electron chi connectivity index (χ3n) is 1.06. The van der Waals surface area contributed by atoms with Crippen LogP contribution in [0.1, 0.15) is 6.42 Å². The Labute approximate surface area is 65.5 Å². The molecule has 9 heavy (non-hydrogen) atoms. The van der Waals surface area contributed by atoms with Gasteiger partial charge in [-0.25, -0.2) is 0 Å². The van der Waals surface area contributed by atoms with Crippen LogP contribution in [0.25, 0.3) is 0 Å². The van der Waals surface area contributed by atoms with Crippen molar-refractivity contribution >= 4 is 23.5 Å². The zero-order valence-corrected chi connectivity index (χ0v) is 6.88. The Balaban J connectivity index is 2.15. The highest BCUT2D eigenvalue weighted by atomic mass is 32.2. The maximum Gasteiger partial charge on any atom is 0.0540 e. The Hall–Kier alpha value is 0.440. The standard InChI is InChI=1S/C7H10S2/c1-2-4-7-8-5-3-6-9-7/h2-3,5,7H,1,4,6H2. The average molecular weight is 158 g/mol. The zero-order valence-electron chi connectivity index (χ0n) is 5.25. The first-order chi connectivity index (χ1) is 4.43. The molecule has 1 atom stereocenters. The van der Waals surface area contributed by atoms with Crippen LogP contribution in [0.3, 0.4) is 0 Å². The maximum atomic E-state index is 3.70. The van der Waals surface area contributed by atoms with Crippen LogP contribution in [0.4, 0.5) is 0 Å². The van der Waals surface area contributed by atoms with Crippen LogP contribution in [0.2, 0.25) is 0 Å². The van der Waals surface area contributed by atoms with Crippen molar-refractivity contribution in [3.63, 3.8) is 0 Å². The summed E-state index contributed by atoms with van der Waals surface area (Å²) in [7, 11) is 0. The van der Waals surface area contributed by atoms with E-state index in [-0.39, 0.29) is 0 Å². The normalized spacial score (nSPS) is 21.8. The summed E-state index contributed by atoms with van der Waals surface area (Å²) in [5.41, 5.74) is 0. The molecular weight excluding hydrogens is 148 g/mol. The van der Waals surface area contributed by atoms with Gasteiger partial charge in [-0.1, -0.05) is 6.08 Å². The van der Waals surface area contributed by atoms with Gasteiger partial charge in [0.1, 0.15) is 0 Å². The van der Waals surface area contributed by atoms with Crippen LogP contribution in [-0.4, -0.2) is 10.3 Å². The number of rotatable bonds is 2. The van der Waals surface area contributed by atoms with Crippen molar-refractivity contribution in [3.8, 4) is 0 Å². The molecule has 0 aromatic carbocycles. The third-order valence-corrected chi connectivity index (χ3v) is 3.60. The molecule has 0 bridgehead atoms. The van der Waals surface area contributed by atoms with E-state index in [2.05, 4.69) is 18.8 Å². The van der Waals surface area contributed by atoms with Gasteiger partial charge in [-0.2, -0.15) is 0 Å². The van der Waals surface area contributed by atoms with E-state index in [4.69, 9.17) is 0 Å². The molecule has 0 spiro atoms. The summed E-state index contributed by atoms with van der Waals surface area (Å²) < 4.78 is 0.729. The fraction of sp³-hybridized carbons (Fsp3) is 0.429.